The van der Waals surface area contributed by atoms with Crippen molar-refractivity contribution in [3.63, 3.8) is 0 Å². The van der Waals surface area contributed by atoms with Crippen LogP contribution >= 0.6 is 34.8 Å². The smallest absolute Gasteiger partial charge is 0.338 e. The Morgan fingerprint density at radius 1 is 1.11 bits per heavy atom. The molecule has 0 N–H and O–H groups in total. The SMILES string of the molecule is O=C(OCc1cccc(Cl)c1)c1cc(Cl)nc(Cl)c1. The first-order valence-electron chi connectivity index (χ1n) is 5.29. The zero-order valence-electron chi connectivity index (χ0n) is 9.57. The van der Waals surface area contributed by atoms with Crippen molar-refractivity contribution in [1.29, 1.82) is 0 Å². The third-order valence-electron chi connectivity index (χ3n) is 2.26. The Kier molecular flexibility index (Phi) is 4.64. The molecule has 3 nitrogen and oxygen atoms in total. The lowest BCUT2D eigenvalue weighted by Gasteiger charge is -2.06. The molecular formula is C13H8Cl3NO2. The highest BCUT2D eigenvalue weighted by Crippen LogP contribution is 2.17. The number of pyridine rings is 1. The number of nitrogens with zero attached hydrogens (tertiary/aromatic N) is 1. The summed E-state index contributed by atoms with van der Waals surface area (Å²) in [6, 6.07) is 9.86. The van der Waals surface area contributed by atoms with Crippen molar-refractivity contribution in [2.24, 2.45) is 0 Å². The second-order valence-corrected chi connectivity index (χ2v) is 4.92. The van der Waals surface area contributed by atoms with Crippen LogP contribution in [-0.2, 0) is 11.3 Å². The van der Waals surface area contributed by atoms with Crippen LogP contribution in [0.15, 0.2) is 36.4 Å². The van der Waals surface area contributed by atoms with Crippen molar-refractivity contribution in [2.45, 2.75) is 6.61 Å². The average Bonchev–Trinajstić information content (AvgIpc) is 2.35. The van der Waals surface area contributed by atoms with Gasteiger partial charge in [-0.2, -0.15) is 0 Å². The minimum absolute atomic E-state index is 0.122. The van der Waals surface area contributed by atoms with Crippen LogP contribution in [0.5, 0.6) is 0 Å². The highest BCUT2D eigenvalue weighted by molar-refractivity contribution is 6.33. The maximum Gasteiger partial charge on any atom is 0.338 e. The van der Waals surface area contributed by atoms with E-state index in [-0.39, 0.29) is 22.5 Å². The van der Waals surface area contributed by atoms with E-state index in [0.717, 1.165) is 5.56 Å². The van der Waals surface area contributed by atoms with Gasteiger partial charge in [-0.25, -0.2) is 9.78 Å². The molecule has 1 aromatic carbocycles. The molecule has 0 unspecified atom stereocenters. The summed E-state index contributed by atoms with van der Waals surface area (Å²) in [7, 11) is 0. The number of aromatic nitrogens is 1. The van der Waals surface area contributed by atoms with Gasteiger partial charge in [0.15, 0.2) is 0 Å². The molecule has 0 spiro atoms. The minimum atomic E-state index is -0.522. The molecule has 0 aliphatic rings. The summed E-state index contributed by atoms with van der Waals surface area (Å²) in [6.45, 7) is 0.122. The third kappa shape index (κ3) is 4.10. The Labute approximate surface area is 125 Å². The number of hydrogen-bond acceptors (Lipinski definition) is 3. The molecule has 0 amide bonds. The van der Waals surface area contributed by atoms with E-state index in [4.69, 9.17) is 39.5 Å². The van der Waals surface area contributed by atoms with E-state index in [1.165, 1.54) is 12.1 Å². The van der Waals surface area contributed by atoms with E-state index in [1.54, 1.807) is 18.2 Å². The molecule has 6 heteroatoms. The van der Waals surface area contributed by atoms with Crippen molar-refractivity contribution < 1.29 is 9.53 Å². The summed E-state index contributed by atoms with van der Waals surface area (Å²) in [5.41, 5.74) is 1.05. The molecule has 2 rings (SSSR count). The molecule has 0 atom stereocenters. The molecule has 1 aromatic heterocycles. The zero-order valence-corrected chi connectivity index (χ0v) is 11.8. The number of ether oxygens (including phenoxy) is 1. The van der Waals surface area contributed by atoms with Crippen molar-refractivity contribution in [2.75, 3.05) is 0 Å². The first-order valence-corrected chi connectivity index (χ1v) is 6.42. The normalized spacial score (nSPS) is 10.3. The van der Waals surface area contributed by atoms with Gasteiger partial charge >= 0.3 is 5.97 Å². The predicted octanol–water partition coefficient (Wildman–Crippen LogP) is 4.40. The fourth-order valence-electron chi connectivity index (χ4n) is 1.44. The fraction of sp³-hybridized carbons (Fsp3) is 0.0769. The van der Waals surface area contributed by atoms with Crippen LogP contribution in [0.25, 0.3) is 0 Å². The van der Waals surface area contributed by atoms with Crippen molar-refractivity contribution in [3.8, 4) is 0 Å². The molecule has 2 aromatic rings. The molecule has 0 aliphatic carbocycles. The van der Waals surface area contributed by atoms with Gasteiger partial charge in [0.2, 0.25) is 0 Å². The number of benzene rings is 1. The number of hydrogen-bond donors (Lipinski definition) is 0. The highest BCUT2D eigenvalue weighted by Gasteiger charge is 2.10. The van der Waals surface area contributed by atoms with Gasteiger partial charge in [0.1, 0.15) is 16.9 Å². The summed E-state index contributed by atoms with van der Waals surface area (Å²) < 4.78 is 5.14. The first kappa shape index (κ1) is 14.1. The van der Waals surface area contributed by atoms with Gasteiger partial charge in [-0.3, -0.25) is 0 Å². The van der Waals surface area contributed by atoms with Crippen LogP contribution in [-0.4, -0.2) is 11.0 Å². The van der Waals surface area contributed by atoms with E-state index >= 15 is 0 Å². The molecular weight excluding hydrogens is 309 g/mol. The van der Waals surface area contributed by atoms with Gasteiger partial charge in [0.05, 0.1) is 5.56 Å². The van der Waals surface area contributed by atoms with Gasteiger partial charge in [-0.05, 0) is 29.8 Å². The molecule has 0 aliphatic heterocycles. The Morgan fingerprint density at radius 3 is 2.42 bits per heavy atom. The van der Waals surface area contributed by atoms with Gasteiger partial charge in [-0.15, -0.1) is 0 Å². The van der Waals surface area contributed by atoms with E-state index in [2.05, 4.69) is 4.98 Å². The molecule has 19 heavy (non-hydrogen) atoms. The molecule has 0 radical (unpaired) electrons. The van der Waals surface area contributed by atoms with E-state index < -0.39 is 5.97 Å². The number of esters is 1. The Hall–Kier alpha value is -1.29. The van der Waals surface area contributed by atoms with Crippen molar-refractivity contribution in [1.82, 2.24) is 4.98 Å². The maximum atomic E-state index is 11.8. The molecule has 1 heterocycles. The summed E-state index contributed by atoms with van der Waals surface area (Å²) >= 11 is 17.3. The molecule has 0 bridgehead atoms. The standard InChI is InChI=1S/C13H8Cl3NO2/c14-10-3-1-2-8(4-10)7-19-13(18)9-5-11(15)17-12(16)6-9/h1-6H,7H2. The monoisotopic (exact) mass is 315 g/mol. The lowest BCUT2D eigenvalue weighted by molar-refractivity contribution is 0.0472. The van der Waals surface area contributed by atoms with E-state index in [0.29, 0.717) is 5.02 Å². The quantitative estimate of drug-likeness (QED) is 0.622. The third-order valence-corrected chi connectivity index (χ3v) is 2.88. The van der Waals surface area contributed by atoms with E-state index in [1.807, 2.05) is 6.07 Å². The topological polar surface area (TPSA) is 39.2 Å². The predicted molar refractivity (Wildman–Crippen MR) is 74.8 cm³/mol. The Morgan fingerprint density at radius 2 is 1.79 bits per heavy atom. The summed E-state index contributed by atoms with van der Waals surface area (Å²) in [5.74, 6) is -0.522. The average molecular weight is 317 g/mol. The molecule has 0 fully saturated rings. The lowest BCUT2D eigenvalue weighted by atomic mass is 10.2. The van der Waals surface area contributed by atoms with Crippen molar-refractivity contribution in [3.05, 3.63) is 62.9 Å². The highest BCUT2D eigenvalue weighted by atomic mass is 35.5. The van der Waals surface area contributed by atoms with Crippen LogP contribution in [0.4, 0.5) is 0 Å². The number of halogens is 3. The largest absolute Gasteiger partial charge is 0.457 e. The van der Waals surface area contributed by atoms with Crippen LogP contribution in [0.2, 0.25) is 15.3 Å². The maximum absolute atomic E-state index is 11.8. The molecule has 98 valence electrons. The lowest BCUT2D eigenvalue weighted by Crippen LogP contribution is -2.05. The van der Waals surface area contributed by atoms with Gasteiger partial charge in [-0.1, -0.05) is 46.9 Å². The number of rotatable bonds is 3. The molecule has 0 saturated heterocycles. The summed E-state index contributed by atoms with van der Waals surface area (Å²) in [4.78, 5) is 15.6. The number of carbonyl (C=O) groups is 1. The Bertz CT molecular complexity index is 596. The van der Waals surface area contributed by atoms with Crippen molar-refractivity contribution >= 4 is 40.8 Å². The van der Waals surface area contributed by atoms with Crippen LogP contribution in [0.1, 0.15) is 15.9 Å². The van der Waals surface area contributed by atoms with Crippen LogP contribution < -0.4 is 0 Å². The second-order valence-electron chi connectivity index (χ2n) is 3.71. The van der Waals surface area contributed by atoms with Gasteiger partial charge in [0, 0.05) is 5.02 Å². The van der Waals surface area contributed by atoms with Gasteiger partial charge < -0.3 is 4.74 Å². The molecule has 0 saturated carbocycles. The number of carbonyl (C=O) groups excluding carboxylic acids is 1. The second kappa shape index (κ2) is 6.24. The zero-order chi connectivity index (χ0) is 13.8. The first-order chi connectivity index (χ1) is 9.04. The van der Waals surface area contributed by atoms with E-state index in [9.17, 15) is 4.79 Å². The van der Waals surface area contributed by atoms with Gasteiger partial charge in [0.25, 0.3) is 0 Å². The fourth-order valence-corrected chi connectivity index (χ4v) is 2.12. The minimum Gasteiger partial charge on any atom is -0.457 e. The summed E-state index contributed by atoms with van der Waals surface area (Å²) in [5, 5.41) is 0.868. The Balaban J connectivity index is 2.05. The van der Waals surface area contributed by atoms with Crippen LogP contribution in [0, 0.1) is 0 Å². The van der Waals surface area contributed by atoms with Crippen LogP contribution in [0.3, 0.4) is 0 Å². The summed E-state index contributed by atoms with van der Waals surface area (Å²) in [6.07, 6.45) is 0.